The Bertz CT molecular complexity index is 147. The summed E-state index contributed by atoms with van der Waals surface area (Å²) in [4.78, 5) is 0. The molecule has 8 heavy (non-hydrogen) atoms. The van der Waals surface area contributed by atoms with Crippen LogP contribution in [0.25, 0.3) is 0 Å². The summed E-state index contributed by atoms with van der Waals surface area (Å²) in [5.41, 5.74) is 0. The fourth-order valence-corrected chi connectivity index (χ4v) is 0.493. The molecule has 0 amide bonds. The van der Waals surface area contributed by atoms with Crippen molar-refractivity contribution in [1.82, 2.24) is 0 Å². The number of nitrogens with zero attached hydrogens (tertiary/aromatic N) is 1. The molecule has 1 heterocycles. The molecule has 1 aromatic heterocycles. The van der Waals surface area contributed by atoms with Crippen molar-refractivity contribution in [3.05, 3.63) is 24.5 Å². The van der Waals surface area contributed by atoms with Crippen molar-refractivity contribution in [3.8, 4) is 5.75 Å². The molecule has 42 valence electrons. The maximum absolute atomic E-state index is 8.74. The predicted octanol–water partition coefficient (Wildman–Crippen LogP) is 0.217. The van der Waals surface area contributed by atoms with Gasteiger partial charge in [0.05, 0.1) is 0 Å². The SMILES string of the molecule is C[n+]1ccc(O)cc1. The van der Waals surface area contributed by atoms with E-state index in [1.165, 1.54) is 0 Å². The van der Waals surface area contributed by atoms with E-state index >= 15 is 0 Å². The van der Waals surface area contributed by atoms with E-state index in [1.54, 1.807) is 24.5 Å². The molecule has 0 aliphatic carbocycles. The molecule has 0 aromatic carbocycles. The fraction of sp³-hybridized carbons (Fsp3) is 0.167. The number of aromatic nitrogens is 1. The zero-order valence-electron chi connectivity index (χ0n) is 4.70. The molecule has 0 saturated carbocycles. The second-order valence-electron chi connectivity index (χ2n) is 1.72. The molecule has 0 atom stereocenters. The number of aromatic hydroxyl groups is 1. The average Bonchev–Trinajstić information content (AvgIpc) is 1.77. The Morgan fingerprint density at radius 2 is 1.88 bits per heavy atom. The number of pyridine rings is 1. The third-order valence-corrected chi connectivity index (χ3v) is 0.961. The van der Waals surface area contributed by atoms with Crippen LogP contribution >= 0.6 is 0 Å². The summed E-state index contributed by atoms with van der Waals surface area (Å²) in [6.07, 6.45) is 3.57. The van der Waals surface area contributed by atoms with Gasteiger partial charge in [-0.25, -0.2) is 4.57 Å². The minimum absolute atomic E-state index is 0.308. The highest BCUT2D eigenvalue weighted by Gasteiger charge is 1.88. The van der Waals surface area contributed by atoms with Gasteiger partial charge in [0.15, 0.2) is 12.4 Å². The standard InChI is InChI=1S/C6H7NO/c1-7-4-2-6(8)3-5-7/h2-5H,1H3/p+1. The van der Waals surface area contributed by atoms with Crippen LogP contribution < -0.4 is 4.57 Å². The lowest BCUT2D eigenvalue weighted by Gasteiger charge is -1.84. The smallest absolute Gasteiger partial charge is 0.172 e. The second kappa shape index (κ2) is 1.82. The molecule has 0 spiro atoms. The normalized spacial score (nSPS) is 9.12. The maximum atomic E-state index is 8.74. The van der Waals surface area contributed by atoms with E-state index in [4.69, 9.17) is 5.11 Å². The summed E-state index contributed by atoms with van der Waals surface area (Å²) >= 11 is 0. The maximum Gasteiger partial charge on any atom is 0.172 e. The second-order valence-corrected chi connectivity index (χ2v) is 1.72. The predicted molar refractivity (Wildman–Crippen MR) is 29.3 cm³/mol. The van der Waals surface area contributed by atoms with Gasteiger partial charge in [-0.3, -0.25) is 0 Å². The molecule has 1 rings (SSSR count). The van der Waals surface area contributed by atoms with Crippen molar-refractivity contribution in [2.75, 3.05) is 0 Å². The molecule has 2 nitrogen and oxygen atoms in total. The summed E-state index contributed by atoms with van der Waals surface area (Å²) in [5, 5.41) is 8.74. The van der Waals surface area contributed by atoms with Crippen LogP contribution in [0.4, 0.5) is 0 Å². The Labute approximate surface area is 48.0 Å². The van der Waals surface area contributed by atoms with Gasteiger partial charge in [0, 0.05) is 12.1 Å². The molecule has 0 fully saturated rings. The van der Waals surface area contributed by atoms with Gasteiger partial charge in [-0.15, -0.1) is 0 Å². The third kappa shape index (κ3) is 0.964. The van der Waals surface area contributed by atoms with E-state index in [0.717, 1.165) is 0 Å². The molecule has 2 heteroatoms. The highest BCUT2D eigenvalue weighted by molar-refractivity contribution is 5.11. The minimum Gasteiger partial charge on any atom is -0.507 e. The fourth-order valence-electron chi connectivity index (χ4n) is 0.493. The highest BCUT2D eigenvalue weighted by Crippen LogP contribution is 1.99. The summed E-state index contributed by atoms with van der Waals surface area (Å²) in [7, 11) is 1.90. The third-order valence-electron chi connectivity index (χ3n) is 0.961. The van der Waals surface area contributed by atoms with Crippen LogP contribution in [0, 0.1) is 0 Å². The first-order chi connectivity index (χ1) is 3.79. The molecule has 0 bridgehead atoms. The molecule has 0 saturated heterocycles. The minimum atomic E-state index is 0.308. The van der Waals surface area contributed by atoms with Crippen LogP contribution in [0.5, 0.6) is 5.75 Å². The summed E-state index contributed by atoms with van der Waals surface area (Å²) in [5.74, 6) is 0.308. The lowest BCUT2D eigenvalue weighted by molar-refractivity contribution is -0.671. The van der Waals surface area contributed by atoms with Crippen molar-refractivity contribution in [2.24, 2.45) is 7.05 Å². The van der Waals surface area contributed by atoms with Gasteiger partial charge in [0.2, 0.25) is 0 Å². The van der Waals surface area contributed by atoms with Crippen LogP contribution in [0.3, 0.4) is 0 Å². The van der Waals surface area contributed by atoms with Gasteiger partial charge in [-0.05, 0) is 0 Å². The Kier molecular flexibility index (Phi) is 1.16. The Morgan fingerprint density at radius 1 is 1.38 bits per heavy atom. The van der Waals surface area contributed by atoms with Crippen LogP contribution in [0.15, 0.2) is 24.5 Å². The first-order valence-corrected chi connectivity index (χ1v) is 2.43. The van der Waals surface area contributed by atoms with Crippen LogP contribution in [0.1, 0.15) is 0 Å². The monoisotopic (exact) mass is 110 g/mol. The van der Waals surface area contributed by atoms with Crippen molar-refractivity contribution in [3.63, 3.8) is 0 Å². The van der Waals surface area contributed by atoms with Gasteiger partial charge in [-0.2, -0.15) is 0 Å². The van der Waals surface area contributed by atoms with E-state index in [-0.39, 0.29) is 0 Å². The van der Waals surface area contributed by atoms with E-state index in [2.05, 4.69) is 0 Å². The molecule has 0 aliphatic rings. The highest BCUT2D eigenvalue weighted by atomic mass is 16.3. The van der Waals surface area contributed by atoms with Crippen molar-refractivity contribution >= 4 is 0 Å². The van der Waals surface area contributed by atoms with Gasteiger partial charge < -0.3 is 5.11 Å². The number of rotatable bonds is 0. The van der Waals surface area contributed by atoms with Crippen LogP contribution in [-0.2, 0) is 7.05 Å². The zero-order valence-corrected chi connectivity index (χ0v) is 4.70. The van der Waals surface area contributed by atoms with Crippen LogP contribution in [0.2, 0.25) is 0 Å². The van der Waals surface area contributed by atoms with Gasteiger partial charge in [0.1, 0.15) is 12.8 Å². The largest absolute Gasteiger partial charge is 0.507 e. The van der Waals surface area contributed by atoms with E-state index in [0.29, 0.717) is 5.75 Å². The Balaban J connectivity index is 3.03. The Morgan fingerprint density at radius 3 is 2.25 bits per heavy atom. The van der Waals surface area contributed by atoms with E-state index < -0.39 is 0 Å². The summed E-state index contributed by atoms with van der Waals surface area (Å²) in [6.45, 7) is 0. The van der Waals surface area contributed by atoms with Crippen LogP contribution in [-0.4, -0.2) is 5.11 Å². The first kappa shape index (κ1) is 5.09. The molecular weight excluding hydrogens is 102 g/mol. The molecule has 1 N–H and O–H groups in total. The number of hydrogen-bond donors (Lipinski definition) is 1. The average molecular weight is 110 g/mol. The van der Waals surface area contributed by atoms with Crippen molar-refractivity contribution < 1.29 is 9.67 Å². The summed E-state index contributed by atoms with van der Waals surface area (Å²) < 4.78 is 1.86. The van der Waals surface area contributed by atoms with Gasteiger partial charge in [0.25, 0.3) is 0 Å². The molecule has 0 radical (unpaired) electrons. The summed E-state index contributed by atoms with van der Waals surface area (Å²) in [6, 6.07) is 3.28. The van der Waals surface area contributed by atoms with E-state index in [9.17, 15) is 0 Å². The molecular formula is C6H8NO+. The number of hydrogen-bond acceptors (Lipinski definition) is 1. The van der Waals surface area contributed by atoms with Crippen molar-refractivity contribution in [2.45, 2.75) is 0 Å². The Hall–Kier alpha value is -1.05. The molecule has 0 aliphatic heterocycles. The molecule has 0 unspecified atom stereocenters. The van der Waals surface area contributed by atoms with Gasteiger partial charge in [-0.1, -0.05) is 0 Å². The topological polar surface area (TPSA) is 24.1 Å². The lowest BCUT2D eigenvalue weighted by Crippen LogP contribution is -2.25. The quantitative estimate of drug-likeness (QED) is 0.474. The lowest BCUT2D eigenvalue weighted by atomic mass is 10.4. The number of aryl methyl sites for hydroxylation is 1. The van der Waals surface area contributed by atoms with E-state index in [1.807, 2.05) is 11.6 Å². The first-order valence-electron chi connectivity index (χ1n) is 2.43. The van der Waals surface area contributed by atoms with Crippen molar-refractivity contribution in [1.29, 1.82) is 0 Å². The van der Waals surface area contributed by atoms with Gasteiger partial charge >= 0.3 is 0 Å². The molecule has 1 aromatic rings. The zero-order chi connectivity index (χ0) is 5.98.